The lowest BCUT2D eigenvalue weighted by atomic mass is 10.0. The predicted molar refractivity (Wildman–Crippen MR) is 122 cm³/mol. The molecule has 148 valence electrons. The average Bonchev–Trinajstić information content (AvgIpc) is 2.65. The standard InChI is InChI=1S/C20H28N4O2.HI/c1-15(17-10-9-16-7-5-6-8-18(16)13-17)23-20(21-11-12-26-4)22-14-19(25)24(2)3;/h5-10,13,15H,11-12,14H2,1-4H3,(H2,21,22,23);1H. The zero-order valence-corrected chi connectivity index (χ0v) is 18.7. The van der Waals surface area contributed by atoms with E-state index in [4.69, 9.17) is 4.74 Å². The lowest BCUT2D eigenvalue weighted by Crippen LogP contribution is -2.41. The number of benzene rings is 2. The largest absolute Gasteiger partial charge is 0.383 e. The summed E-state index contributed by atoms with van der Waals surface area (Å²) >= 11 is 0. The molecule has 7 heteroatoms. The molecule has 0 saturated carbocycles. The summed E-state index contributed by atoms with van der Waals surface area (Å²) in [7, 11) is 5.10. The summed E-state index contributed by atoms with van der Waals surface area (Å²) in [6, 6.07) is 14.7. The highest BCUT2D eigenvalue weighted by atomic mass is 127. The zero-order valence-electron chi connectivity index (χ0n) is 16.4. The quantitative estimate of drug-likeness (QED) is 0.275. The summed E-state index contributed by atoms with van der Waals surface area (Å²) in [4.78, 5) is 17.7. The van der Waals surface area contributed by atoms with Crippen molar-refractivity contribution in [3.8, 4) is 0 Å². The summed E-state index contributed by atoms with van der Waals surface area (Å²) in [5.41, 5.74) is 1.16. The van der Waals surface area contributed by atoms with Crippen LogP contribution in [0.2, 0.25) is 0 Å². The number of hydrogen-bond acceptors (Lipinski definition) is 3. The number of methoxy groups -OCH3 is 1. The summed E-state index contributed by atoms with van der Waals surface area (Å²) in [6.45, 7) is 3.35. The number of carbonyl (C=O) groups is 1. The maximum atomic E-state index is 11.8. The number of carbonyl (C=O) groups excluding carboxylic acids is 1. The van der Waals surface area contributed by atoms with E-state index >= 15 is 0 Å². The van der Waals surface area contributed by atoms with Gasteiger partial charge in [-0.05, 0) is 29.3 Å². The molecule has 0 aliphatic heterocycles. The Bertz CT molecular complexity index is 764. The van der Waals surface area contributed by atoms with Gasteiger partial charge in [0.15, 0.2) is 5.96 Å². The second-order valence-corrected chi connectivity index (χ2v) is 6.35. The summed E-state index contributed by atoms with van der Waals surface area (Å²) < 4.78 is 5.07. The van der Waals surface area contributed by atoms with Crippen LogP contribution in [-0.4, -0.2) is 57.7 Å². The molecule has 6 nitrogen and oxygen atoms in total. The van der Waals surface area contributed by atoms with E-state index in [0.29, 0.717) is 19.1 Å². The lowest BCUT2D eigenvalue weighted by Gasteiger charge is -2.19. The first-order valence-electron chi connectivity index (χ1n) is 8.74. The van der Waals surface area contributed by atoms with Crippen LogP contribution in [0.5, 0.6) is 0 Å². The Morgan fingerprint density at radius 2 is 1.89 bits per heavy atom. The van der Waals surface area contributed by atoms with Gasteiger partial charge in [-0.1, -0.05) is 36.4 Å². The Labute approximate surface area is 178 Å². The third-order valence-electron chi connectivity index (χ3n) is 4.10. The van der Waals surface area contributed by atoms with Crippen LogP contribution in [-0.2, 0) is 9.53 Å². The van der Waals surface area contributed by atoms with E-state index in [1.807, 2.05) is 12.1 Å². The molecule has 1 atom stereocenters. The van der Waals surface area contributed by atoms with Crippen LogP contribution in [0.25, 0.3) is 10.8 Å². The highest BCUT2D eigenvalue weighted by Crippen LogP contribution is 2.20. The summed E-state index contributed by atoms with van der Waals surface area (Å²) in [6.07, 6.45) is 0. The van der Waals surface area contributed by atoms with E-state index in [1.54, 1.807) is 21.2 Å². The van der Waals surface area contributed by atoms with Gasteiger partial charge >= 0.3 is 0 Å². The Morgan fingerprint density at radius 3 is 2.56 bits per heavy atom. The normalized spacial score (nSPS) is 12.2. The molecule has 1 amide bonds. The van der Waals surface area contributed by atoms with Crippen molar-refractivity contribution in [2.24, 2.45) is 4.99 Å². The fourth-order valence-electron chi connectivity index (χ4n) is 2.48. The van der Waals surface area contributed by atoms with Crippen molar-refractivity contribution in [3.05, 3.63) is 48.0 Å². The van der Waals surface area contributed by atoms with Crippen LogP contribution in [0, 0.1) is 0 Å². The van der Waals surface area contributed by atoms with Gasteiger partial charge in [-0.2, -0.15) is 0 Å². The number of likely N-dealkylation sites (N-methyl/N-ethyl adjacent to an activating group) is 1. The number of guanidine groups is 1. The molecule has 2 aromatic rings. The predicted octanol–water partition coefficient (Wildman–Crippen LogP) is 2.79. The second kappa shape index (κ2) is 11.8. The molecule has 0 aliphatic carbocycles. The Balaban J connectivity index is 0.00000364. The molecular formula is C20H29IN4O2. The maximum Gasteiger partial charge on any atom is 0.243 e. The van der Waals surface area contributed by atoms with Crippen molar-refractivity contribution in [2.75, 3.05) is 40.9 Å². The number of rotatable bonds is 7. The first-order chi connectivity index (χ1) is 12.5. The first kappa shape index (κ1) is 23.2. The molecule has 0 bridgehead atoms. The number of fused-ring (bicyclic) bond motifs is 1. The minimum atomic E-state index is -0.0452. The monoisotopic (exact) mass is 484 g/mol. The van der Waals surface area contributed by atoms with Gasteiger partial charge in [0.25, 0.3) is 0 Å². The highest BCUT2D eigenvalue weighted by Gasteiger charge is 2.10. The van der Waals surface area contributed by atoms with Gasteiger partial charge in [0.1, 0.15) is 6.54 Å². The van der Waals surface area contributed by atoms with E-state index in [-0.39, 0.29) is 42.5 Å². The Hall–Kier alpha value is -1.87. The van der Waals surface area contributed by atoms with Gasteiger partial charge in [0, 0.05) is 27.7 Å². The van der Waals surface area contributed by atoms with Crippen molar-refractivity contribution < 1.29 is 9.53 Å². The molecule has 2 aromatic carbocycles. The highest BCUT2D eigenvalue weighted by molar-refractivity contribution is 14.0. The Morgan fingerprint density at radius 1 is 1.19 bits per heavy atom. The van der Waals surface area contributed by atoms with Crippen molar-refractivity contribution in [1.82, 2.24) is 15.5 Å². The van der Waals surface area contributed by atoms with Crippen LogP contribution < -0.4 is 10.6 Å². The van der Waals surface area contributed by atoms with Crippen LogP contribution in [0.1, 0.15) is 18.5 Å². The SMILES string of the molecule is COCCNC(=NCC(=O)N(C)C)NC(C)c1ccc2ccccc2c1.I. The van der Waals surface area contributed by atoms with E-state index in [2.05, 4.69) is 52.9 Å². The molecule has 0 fully saturated rings. The molecule has 0 aliphatic rings. The molecule has 0 aromatic heterocycles. The summed E-state index contributed by atoms with van der Waals surface area (Å²) in [5, 5.41) is 8.98. The smallest absolute Gasteiger partial charge is 0.243 e. The molecule has 0 spiro atoms. The number of nitrogens with one attached hydrogen (secondary N) is 2. The van der Waals surface area contributed by atoms with Gasteiger partial charge in [-0.3, -0.25) is 4.79 Å². The third-order valence-corrected chi connectivity index (χ3v) is 4.10. The minimum absolute atomic E-state index is 0. The third kappa shape index (κ3) is 7.34. The summed E-state index contributed by atoms with van der Waals surface area (Å²) in [5.74, 6) is 0.550. The molecule has 2 N–H and O–H groups in total. The van der Waals surface area contributed by atoms with Crippen LogP contribution in [0.3, 0.4) is 0 Å². The number of amides is 1. The fraction of sp³-hybridized carbons (Fsp3) is 0.400. The molecule has 27 heavy (non-hydrogen) atoms. The second-order valence-electron chi connectivity index (χ2n) is 6.35. The van der Waals surface area contributed by atoms with Crippen LogP contribution in [0.4, 0.5) is 0 Å². The number of hydrogen-bond donors (Lipinski definition) is 2. The molecule has 1 unspecified atom stereocenters. The molecule has 0 radical (unpaired) electrons. The molecule has 0 heterocycles. The van der Waals surface area contributed by atoms with E-state index < -0.39 is 0 Å². The Kier molecular flexibility index (Phi) is 10.1. The average molecular weight is 484 g/mol. The maximum absolute atomic E-state index is 11.8. The van der Waals surface area contributed by atoms with Crippen molar-refractivity contribution in [1.29, 1.82) is 0 Å². The van der Waals surface area contributed by atoms with E-state index in [9.17, 15) is 4.79 Å². The van der Waals surface area contributed by atoms with E-state index in [1.165, 1.54) is 15.7 Å². The minimum Gasteiger partial charge on any atom is -0.383 e. The van der Waals surface area contributed by atoms with Gasteiger partial charge in [-0.25, -0.2) is 4.99 Å². The van der Waals surface area contributed by atoms with Gasteiger partial charge in [0.05, 0.1) is 12.6 Å². The van der Waals surface area contributed by atoms with Crippen molar-refractivity contribution >= 4 is 46.6 Å². The number of aliphatic imine (C=N–C) groups is 1. The number of nitrogens with zero attached hydrogens (tertiary/aromatic N) is 2. The van der Waals surface area contributed by atoms with Crippen LogP contribution >= 0.6 is 24.0 Å². The number of ether oxygens (including phenoxy) is 1. The van der Waals surface area contributed by atoms with E-state index in [0.717, 1.165) is 5.56 Å². The topological polar surface area (TPSA) is 66.0 Å². The van der Waals surface area contributed by atoms with Crippen LogP contribution in [0.15, 0.2) is 47.5 Å². The van der Waals surface area contributed by atoms with Crippen molar-refractivity contribution in [2.45, 2.75) is 13.0 Å². The first-order valence-corrected chi connectivity index (χ1v) is 8.74. The van der Waals surface area contributed by atoms with Gasteiger partial charge < -0.3 is 20.3 Å². The lowest BCUT2D eigenvalue weighted by molar-refractivity contribution is -0.127. The zero-order chi connectivity index (χ0) is 18.9. The molecule has 2 rings (SSSR count). The molecular weight excluding hydrogens is 455 g/mol. The van der Waals surface area contributed by atoms with Crippen molar-refractivity contribution in [3.63, 3.8) is 0 Å². The fourth-order valence-corrected chi connectivity index (χ4v) is 2.48. The van der Waals surface area contributed by atoms with Gasteiger partial charge in [-0.15, -0.1) is 24.0 Å². The molecule has 0 saturated heterocycles. The van der Waals surface area contributed by atoms with Gasteiger partial charge in [0.2, 0.25) is 5.91 Å². The number of halogens is 1.